The molecular formula is C23H27Cl2N3O2. The number of nitrogens with one attached hydrogen (secondary N) is 2. The first kappa shape index (κ1) is 21.6. The van der Waals surface area contributed by atoms with Crippen LogP contribution in [0, 0.1) is 11.8 Å². The van der Waals surface area contributed by atoms with Gasteiger partial charge >= 0.3 is 0 Å². The molecule has 0 amide bonds. The molecule has 160 valence electrons. The normalized spacial score (nSPS) is 19.7. The number of benzene rings is 1. The standard InChI is InChI=1S/C23H27Cl2N3O2/c24-21-2-1-17(27-12-15-4-7-30-8-5-15)9-19(21)20-10-18(28-14-22(20)25)11-23(29)16-3-6-26-13-16/h1-2,9-10,14-16,26-27H,3-8,11-13H2/t16-/m1/s1. The Morgan fingerprint density at radius 1 is 1.13 bits per heavy atom. The molecule has 4 rings (SSSR count). The third-order valence-electron chi connectivity index (χ3n) is 5.98. The highest BCUT2D eigenvalue weighted by atomic mass is 35.5. The largest absolute Gasteiger partial charge is 0.385 e. The molecule has 1 aromatic carbocycles. The topological polar surface area (TPSA) is 63.2 Å². The smallest absolute Gasteiger partial charge is 0.143 e. The molecule has 0 radical (unpaired) electrons. The fourth-order valence-corrected chi connectivity index (χ4v) is 4.52. The zero-order chi connectivity index (χ0) is 20.9. The molecule has 2 aliphatic heterocycles. The second-order valence-corrected chi connectivity index (χ2v) is 8.93. The predicted octanol–water partition coefficient (Wildman–Crippen LogP) is 4.62. The van der Waals surface area contributed by atoms with E-state index in [1.54, 1.807) is 6.20 Å². The van der Waals surface area contributed by atoms with Gasteiger partial charge in [-0.1, -0.05) is 23.2 Å². The monoisotopic (exact) mass is 447 g/mol. The number of ether oxygens (including phenoxy) is 1. The SMILES string of the molecule is O=C(Cc1cc(-c2cc(NCC3CCOCC3)ccc2Cl)c(Cl)cn1)[C@@H]1CCNC1. The second kappa shape index (κ2) is 10.1. The van der Waals surface area contributed by atoms with Crippen molar-refractivity contribution in [1.29, 1.82) is 0 Å². The number of carbonyl (C=O) groups is 1. The third-order valence-corrected chi connectivity index (χ3v) is 6.61. The van der Waals surface area contributed by atoms with E-state index in [0.29, 0.717) is 22.4 Å². The Labute approximate surface area is 187 Å². The van der Waals surface area contributed by atoms with E-state index in [4.69, 9.17) is 27.9 Å². The average Bonchev–Trinajstić information content (AvgIpc) is 3.31. The molecule has 3 heterocycles. The highest BCUT2D eigenvalue weighted by Crippen LogP contribution is 2.35. The van der Waals surface area contributed by atoms with E-state index in [1.165, 1.54) is 0 Å². The van der Waals surface area contributed by atoms with Crippen molar-refractivity contribution in [1.82, 2.24) is 10.3 Å². The van der Waals surface area contributed by atoms with Gasteiger partial charge in [-0.15, -0.1) is 0 Å². The van der Waals surface area contributed by atoms with E-state index in [9.17, 15) is 4.79 Å². The lowest BCUT2D eigenvalue weighted by Crippen LogP contribution is -2.22. The first-order valence-electron chi connectivity index (χ1n) is 10.6. The summed E-state index contributed by atoms with van der Waals surface area (Å²) in [4.78, 5) is 16.9. The van der Waals surface area contributed by atoms with Gasteiger partial charge in [0, 0.05) is 72.4 Å². The zero-order valence-corrected chi connectivity index (χ0v) is 18.4. The maximum absolute atomic E-state index is 12.5. The maximum Gasteiger partial charge on any atom is 0.143 e. The van der Waals surface area contributed by atoms with Gasteiger partial charge in [-0.3, -0.25) is 9.78 Å². The van der Waals surface area contributed by atoms with Crippen LogP contribution in [0.2, 0.25) is 10.0 Å². The molecule has 2 aliphatic rings. The van der Waals surface area contributed by atoms with Gasteiger partial charge < -0.3 is 15.4 Å². The zero-order valence-electron chi connectivity index (χ0n) is 16.9. The minimum atomic E-state index is 0.0761. The van der Waals surface area contributed by atoms with E-state index < -0.39 is 0 Å². The van der Waals surface area contributed by atoms with Crippen molar-refractivity contribution in [3.8, 4) is 11.1 Å². The second-order valence-electron chi connectivity index (χ2n) is 8.12. The summed E-state index contributed by atoms with van der Waals surface area (Å²) < 4.78 is 5.44. The lowest BCUT2D eigenvalue weighted by Gasteiger charge is -2.23. The van der Waals surface area contributed by atoms with Crippen LogP contribution in [-0.4, -0.2) is 43.6 Å². The molecule has 1 atom stereocenters. The Kier molecular flexibility index (Phi) is 7.26. The molecule has 2 N–H and O–H groups in total. The summed E-state index contributed by atoms with van der Waals surface area (Å²) in [6.07, 6.45) is 4.99. The van der Waals surface area contributed by atoms with Crippen LogP contribution < -0.4 is 10.6 Å². The summed E-state index contributed by atoms with van der Waals surface area (Å²) >= 11 is 13.0. The molecule has 0 aliphatic carbocycles. The predicted molar refractivity (Wildman–Crippen MR) is 121 cm³/mol. The molecule has 2 saturated heterocycles. The molecule has 0 unspecified atom stereocenters. The molecule has 2 fully saturated rings. The lowest BCUT2D eigenvalue weighted by atomic mass is 9.97. The summed E-state index contributed by atoms with van der Waals surface area (Å²) in [7, 11) is 0. The van der Waals surface area contributed by atoms with Gasteiger partial charge in [0.05, 0.1) is 5.02 Å². The molecular weight excluding hydrogens is 421 g/mol. The Hall–Kier alpha value is -1.66. The van der Waals surface area contributed by atoms with Gasteiger partial charge in [0.2, 0.25) is 0 Å². The minimum absolute atomic E-state index is 0.0761. The van der Waals surface area contributed by atoms with E-state index in [0.717, 1.165) is 74.6 Å². The van der Waals surface area contributed by atoms with Crippen molar-refractivity contribution in [3.63, 3.8) is 0 Å². The first-order chi connectivity index (χ1) is 14.6. The summed E-state index contributed by atoms with van der Waals surface area (Å²) in [5.41, 5.74) is 3.38. The number of aromatic nitrogens is 1. The van der Waals surface area contributed by atoms with Gasteiger partial charge in [0.1, 0.15) is 5.78 Å². The van der Waals surface area contributed by atoms with Crippen LogP contribution in [0.1, 0.15) is 25.0 Å². The molecule has 7 heteroatoms. The number of ketones is 1. The van der Waals surface area contributed by atoms with Crippen molar-refractivity contribution in [2.45, 2.75) is 25.7 Å². The van der Waals surface area contributed by atoms with E-state index in [1.807, 2.05) is 24.3 Å². The molecule has 0 bridgehead atoms. The van der Waals surface area contributed by atoms with Crippen LogP contribution in [0.4, 0.5) is 5.69 Å². The van der Waals surface area contributed by atoms with Crippen LogP contribution in [0.15, 0.2) is 30.5 Å². The van der Waals surface area contributed by atoms with E-state index in [-0.39, 0.29) is 11.7 Å². The van der Waals surface area contributed by atoms with Crippen molar-refractivity contribution in [2.75, 3.05) is 38.2 Å². The van der Waals surface area contributed by atoms with E-state index in [2.05, 4.69) is 15.6 Å². The van der Waals surface area contributed by atoms with Crippen LogP contribution >= 0.6 is 23.2 Å². The van der Waals surface area contributed by atoms with Crippen LogP contribution in [0.3, 0.4) is 0 Å². The summed E-state index contributed by atoms with van der Waals surface area (Å²) in [6, 6.07) is 7.79. The van der Waals surface area contributed by atoms with Crippen molar-refractivity contribution in [3.05, 3.63) is 46.2 Å². The van der Waals surface area contributed by atoms with Crippen molar-refractivity contribution < 1.29 is 9.53 Å². The van der Waals surface area contributed by atoms with Crippen molar-refractivity contribution in [2.24, 2.45) is 11.8 Å². The Balaban J connectivity index is 1.51. The number of Topliss-reactive ketones (excluding diaryl/α,β-unsaturated/α-hetero) is 1. The minimum Gasteiger partial charge on any atom is -0.385 e. The maximum atomic E-state index is 12.5. The number of hydrogen-bond donors (Lipinski definition) is 2. The van der Waals surface area contributed by atoms with Crippen molar-refractivity contribution >= 4 is 34.7 Å². The van der Waals surface area contributed by atoms with Crippen LogP contribution in [0.5, 0.6) is 0 Å². The average molecular weight is 448 g/mol. The highest BCUT2D eigenvalue weighted by molar-refractivity contribution is 6.36. The lowest BCUT2D eigenvalue weighted by molar-refractivity contribution is -0.121. The fourth-order valence-electron chi connectivity index (χ4n) is 4.09. The number of hydrogen-bond acceptors (Lipinski definition) is 5. The van der Waals surface area contributed by atoms with Gasteiger partial charge in [0.25, 0.3) is 0 Å². The molecule has 0 spiro atoms. The summed E-state index contributed by atoms with van der Waals surface area (Å²) in [6.45, 7) is 4.24. The Morgan fingerprint density at radius 2 is 1.93 bits per heavy atom. The Bertz CT molecular complexity index is 894. The molecule has 0 saturated carbocycles. The van der Waals surface area contributed by atoms with Gasteiger partial charge in [-0.25, -0.2) is 0 Å². The van der Waals surface area contributed by atoms with Gasteiger partial charge in [-0.2, -0.15) is 0 Å². The number of anilines is 1. The Morgan fingerprint density at radius 3 is 2.70 bits per heavy atom. The van der Waals surface area contributed by atoms with Gasteiger partial charge in [0.15, 0.2) is 0 Å². The highest BCUT2D eigenvalue weighted by Gasteiger charge is 2.23. The summed E-state index contributed by atoms with van der Waals surface area (Å²) in [5.74, 6) is 0.913. The van der Waals surface area contributed by atoms with E-state index >= 15 is 0 Å². The van der Waals surface area contributed by atoms with Crippen LogP contribution in [-0.2, 0) is 16.0 Å². The molecule has 1 aromatic heterocycles. The number of pyridine rings is 1. The molecule has 5 nitrogen and oxygen atoms in total. The number of carbonyl (C=O) groups excluding carboxylic acids is 1. The van der Waals surface area contributed by atoms with Crippen LogP contribution in [0.25, 0.3) is 11.1 Å². The quantitative estimate of drug-likeness (QED) is 0.648. The summed E-state index contributed by atoms with van der Waals surface area (Å²) in [5, 5.41) is 7.91. The third kappa shape index (κ3) is 5.33. The van der Waals surface area contributed by atoms with Gasteiger partial charge in [-0.05, 0) is 56.0 Å². The fraction of sp³-hybridized carbons (Fsp3) is 0.478. The number of halogens is 2. The first-order valence-corrected chi connectivity index (χ1v) is 11.3. The molecule has 30 heavy (non-hydrogen) atoms. The number of nitrogens with zero attached hydrogens (tertiary/aromatic N) is 1. The molecule has 2 aromatic rings. The number of rotatable bonds is 7.